The number of nitrogens with zero attached hydrogens (tertiary/aromatic N) is 1. The molecule has 7 heteroatoms. The second-order valence-electron chi connectivity index (χ2n) is 16.1. The summed E-state index contributed by atoms with van der Waals surface area (Å²) in [5.41, 5.74) is 0. The van der Waals surface area contributed by atoms with Crippen molar-refractivity contribution in [1.82, 2.24) is 4.90 Å². The Morgan fingerprint density at radius 3 is 1.60 bits per heavy atom. The van der Waals surface area contributed by atoms with Gasteiger partial charge in [0.25, 0.3) is 0 Å². The van der Waals surface area contributed by atoms with Crippen molar-refractivity contribution in [2.45, 2.75) is 220 Å². The molecule has 0 heterocycles. The second kappa shape index (κ2) is 41.1. The topological polar surface area (TPSA) is 71.4 Å². The van der Waals surface area contributed by atoms with Gasteiger partial charge in [-0.15, -0.1) is 0 Å². The minimum absolute atomic E-state index is 0.145. The smallest absolute Gasteiger partial charge is 0.333 e. The lowest BCUT2D eigenvalue weighted by Gasteiger charge is -2.30. The van der Waals surface area contributed by atoms with Crippen LogP contribution in [0.1, 0.15) is 201 Å². The Morgan fingerprint density at radius 1 is 0.528 bits per heavy atom. The Hall–Kier alpha value is -0.543. The van der Waals surface area contributed by atoms with Crippen LogP contribution < -0.4 is 0 Å². The summed E-state index contributed by atoms with van der Waals surface area (Å²) in [7, 11) is -2.34. The minimum Gasteiger partial charge on any atom is -0.395 e. The van der Waals surface area contributed by atoms with E-state index in [4.69, 9.17) is 13.6 Å². The fourth-order valence-corrected chi connectivity index (χ4v) is 8.53. The predicted molar refractivity (Wildman–Crippen MR) is 233 cm³/mol. The molecule has 6 nitrogen and oxygen atoms in total. The highest BCUT2D eigenvalue weighted by molar-refractivity contribution is 6.64. The zero-order valence-corrected chi connectivity index (χ0v) is 37.3. The molecule has 0 fully saturated rings. The quantitative estimate of drug-likeness (QED) is 0.0279. The number of unbranched alkanes of at least 4 members (excludes halogenated alkanes) is 19. The van der Waals surface area contributed by atoms with E-state index < -0.39 is 8.56 Å². The maximum absolute atomic E-state index is 9.24. The first kappa shape index (κ1) is 52.5. The van der Waals surface area contributed by atoms with E-state index in [2.05, 4.69) is 63.1 Å². The van der Waals surface area contributed by atoms with Crippen LogP contribution in [0.3, 0.4) is 0 Å². The van der Waals surface area contributed by atoms with E-state index in [1.165, 1.54) is 135 Å². The first-order chi connectivity index (χ1) is 25.9. The lowest BCUT2D eigenvalue weighted by molar-refractivity contribution is -0.114. The van der Waals surface area contributed by atoms with Gasteiger partial charge >= 0.3 is 8.56 Å². The van der Waals surface area contributed by atoms with Gasteiger partial charge in [-0.05, 0) is 96.2 Å². The average Bonchev–Trinajstić information content (AvgIpc) is 3.14. The number of hydrogen-bond donors (Lipinski definition) is 2. The van der Waals surface area contributed by atoms with Crippen LogP contribution in [-0.2, 0) is 13.6 Å². The molecule has 316 valence electrons. The average molecular weight is 768 g/mol. The highest BCUT2D eigenvalue weighted by Crippen LogP contribution is 2.23. The van der Waals surface area contributed by atoms with Gasteiger partial charge in [0.05, 0.1) is 19.8 Å². The summed E-state index contributed by atoms with van der Waals surface area (Å²) >= 11 is 0. The van der Waals surface area contributed by atoms with E-state index in [-0.39, 0.29) is 19.5 Å². The number of allylic oxidation sites excluding steroid dienone is 4. The van der Waals surface area contributed by atoms with Gasteiger partial charge in [-0.25, -0.2) is 0 Å². The lowest BCUT2D eigenvalue weighted by Crippen LogP contribution is -2.40. The van der Waals surface area contributed by atoms with Crippen LogP contribution in [0.25, 0.3) is 0 Å². The summed E-state index contributed by atoms with van der Waals surface area (Å²) in [6, 6.07) is 0. The molecule has 0 rings (SSSR count). The number of ether oxygens (including phenoxy) is 1. The molecular weight excluding hydrogens is 675 g/mol. The molecule has 2 unspecified atom stereocenters. The predicted octanol–water partition coefficient (Wildman–Crippen LogP) is 13.1. The molecule has 0 aromatic carbocycles. The van der Waals surface area contributed by atoms with E-state index in [1.54, 1.807) is 0 Å². The highest BCUT2D eigenvalue weighted by atomic mass is 28.4. The largest absolute Gasteiger partial charge is 0.395 e. The molecule has 0 saturated carbocycles. The van der Waals surface area contributed by atoms with Gasteiger partial charge in [-0.2, -0.15) is 0 Å². The van der Waals surface area contributed by atoms with Gasteiger partial charge in [-0.3, -0.25) is 4.90 Å². The zero-order chi connectivity index (χ0) is 38.9. The molecule has 0 bridgehead atoms. The van der Waals surface area contributed by atoms with Crippen molar-refractivity contribution in [2.75, 3.05) is 46.1 Å². The normalized spacial score (nSPS) is 13.7. The van der Waals surface area contributed by atoms with E-state index in [9.17, 15) is 10.2 Å². The Morgan fingerprint density at radius 2 is 1.00 bits per heavy atom. The van der Waals surface area contributed by atoms with E-state index in [0.29, 0.717) is 19.0 Å². The van der Waals surface area contributed by atoms with Crippen molar-refractivity contribution in [3.8, 4) is 0 Å². The van der Waals surface area contributed by atoms with Gasteiger partial charge < -0.3 is 23.8 Å². The van der Waals surface area contributed by atoms with Crippen LogP contribution in [0.2, 0.25) is 13.1 Å². The Bertz CT molecular complexity index is 773. The van der Waals surface area contributed by atoms with Crippen LogP contribution in [0.5, 0.6) is 0 Å². The second-order valence-corrected chi connectivity index (χ2v) is 19.4. The first-order valence-electron chi connectivity index (χ1n) is 23.1. The van der Waals surface area contributed by atoms with Crippen LogP contribution in [0.4, 0.5) is 0 Å². The molecule has 0 aliphatic heterocycles. The number of rotatable bonds is 43. The van der Waals surface area contributed by atoms with Crippen LogP contribution in [0.15, 0.2) is 24.3 Å². The summed E-state index contributed by atoms with van der Waals surface area (Å²) in [6.45, 7) is 15.3. The van der Waals surface area contributed by atoms with Crippen LogP contribution in [-0.4, -0.2) is 76.0 Å². The summed E-state index contributed by atoms with van der Waals surface area (Å²) in [5, 5.41) is 18.5. The summed E-state index contributed by atoms with van der Waals surface area (Å²) in [5.74, 6) is 0.630. The third kappa shape index (κ3) is 38.1. The molecule has 0 amide bonds. The maximum atomic E-state index is 9.24. The maximum Gasteiger partial charge on any atom is 0.333 e. The SMILES string of the molecule is CCCCC/C=C\C/C=C\CCCCCCCC(OCC(CCCCCC)CCCCCCCC)O[Si](C)(C)OCCCCCCN(CCO)CCO. The molecular formula is C46H93NO5Si. The van der Waals surface area contributed by atoms with Gasteiger partial charge in [-0.1, -0.05) is 154 Å². The van der Waals surface area contributed by atoms with E-state index in [1.807, 2.05) is 0 Å². The third-order valence-electron chi connectivity index (χ3n) is 10.4. The van der Waals surface area contributed by atoms with Crippen molar-refractivity contribution in [3.63, 3.8) is 0 Å². The molecule has 0 aliphatic carbocycles. The Kier molecular flexibility index (Phi) is 40.7. The number of aliphatic hydroxyl groups is 2. The molecule has 2 atom stereocenters. The van der Waals surface area contributed by atoms with Crippen molar-refractivity contribution in [2.24, 2.45) is 5.92 Å². The van der Waals surface area contributed by atoms with Crippen molar-refractivity contribution < 1.29 is 23.8 Å². The third-order valence-corrected chi connectivity index (χ3v) is 12.1. The van der Waals surface area contributed by atoms with Crippen molar-refractivity contribution in [3.05, 3.63) is 24.3 Å². The number of aliphatic hydroxyl groups excluding tert-OH is 2. The zero-order valence-electron chi connectivity index (χ0n) is 36.3. The first-order valence-corrected chi connectivity index (χ1v) is 25.9. The van der Waals surface area contributed by atoms with E-state index in [0.717, 1.165) is 64.7 Å². The van der Waals surface area contributed by atoms with Gasteiger partial charge in [0, 0.05) is 19.7 Å². The van der Waals surface area contributed by atoms with Gasteiger partial charge in [0.15, 0.2) is 0 Å². The fraction of sp³-hybridized carbons (Fsp3) is 0.913. The fourth-order valence-electron chi connectivity index (χ4n) is 7.00. The minimum atomic E-state index is -2.34. The van der Waals surface area contributed by atoms with Crippen LogP contribution in [0, 0.1) is 5.92 Å². The lowest BCUT2D eigenvalue weighted by atomic mass is 9.95. The molecule has 53 heavy (non-hydrogen) atoms. The Labute approximate surface area is 332 Å². The van der Waals surface area contributed by atoms with Gasteiger partial charge in [0.2, 0.25) is 0 Å². The van der Waals surface area contributed by atoms with Crippen molar-refractivity contribution in [1.29, 1.82) is 0 Å². The Balaban J connectivity index is 4.86. The monoisotopic (exact) mass is 768 g/mol. The number of hydrogen-bond acceptors (Lipinski definition) is 6. The highest BCUT2D eigenvalue weighted by Gasteiger charge is 2.29. The summed E-state index contributed by atoms with van der Waals surface area (Å²) in [4.78, 5) is 2.14. The summed E-state index contributed by atoms with van der Waals surface area (Å²) in [6.07, 6.45) is 44.2. The molecule has 2 N–H and O–H groups in total. The standard InChI is InChI=1S/C46H93NO5Si/c1-6-9-12-15-17-18-19-20-21-22-23-24-25-27-32-37-46(50-44-45(35-30-14-11-8-3)36-31-26-16-13-10-7-2)52-53(4,5)51-43-34-29-28-33-38-47(39-41-48)40-42-49/h17-18,20-21,45-46,48-49H,6-16,19,22-44H2,1-5H3/b18-17-,21-20-. The molecule has 0 radical (unpaired) electrons. The molecule has 0 spiro atoms. The molecule has 0 aromatic rings. The summed E-state index contributed by atoms with van der Waals surface area (Å²) < 4.78 is 19.9. The molecule has 0 saturated heterocycles. The van der Waals surface area contributed by atoms with Crippen molar-refractivity contribution >= 4 is 8.56 Å². The van der Waals surface area contributed by atoms with Gasteiger partial charge in [0.1, 0.15) is 6.29 Å². The van der Waals surface area contributed by atoms with E-state index >= 15 is 0 Å². The molecule has 0 aromatic heterocycles. The molecule has 0 aliphatic rings. The van der Waals surface area contributed by atoms with Crippen LogP contribution >= 0.6 is 0 Å².